The zero-order chi connectivity index (χ0) is 12.2. The molecule has 0 fully saturated rings. The lowest BCUT2D eigenvalue weighted by Gasteiger charge is -2.24. The summed E-state index contributed by atoms with van der Waals surface area (Å²) in [6, 6.07) is 0. The van der Waals surface area contributed by atoms with Crippen molar-refractivity contribution in [2.24, 2.45) is 0 Å². The number of hydrogen-bond acceptors (Lipinski definition) is 5. The molecule has 0 spiro atoms. The second-order valence-corrected chi connectivity index (χ2v) is 2.33. The van der Waals surface area contributed by atoms with Crippen molar-refractivity contribution in [1.82, 2.24) is 0 Å². The van der Waals surface area contributed by atoms with E-state index in [1.807, 2.05) is 0 Å². The summed E-state index contributed by atoms with van der Waals surface area (Å²) in [5.74, 6) is -7.68. The summed E-state index contributed by atoms with van der Waals surface area (Å²) in [6.07, 6.45) is 0. The molecule has 0 aromatic carbocycles. The van der Waals surface area contributed by atoms with E-state index in [-0.39, 0.29) is 0 Å². The van der Waals surface area contributed by atoms with Gasteiger partial charge in [-0.05, 0) is 0 Å². The number of hydrogen-bond donors (Lipinski definition) is 3. The summed E-state index contributed by atoms with van der Waals surface area (Å²) in [5.41, 5.74) is -2.97. The van der Waals surface area contributed by atoms with Crippen molar-refractivity contribution >= 4 is 24.4 Å². The Kier molecular flexibility index (Phi) is 3.78. The molecule has 2 radical (unpaired) electrons. The van der Waals surface area contributed by atoms with Crippen LogP contribution < -0.4 is 0 Å². The van der Waals surface area contributed by atoms with Crippen LogP contribution in [0.5, 0.6) is 0 Å². The Balaban J connectivity index is 5.36. The average Bonchev–Trinajstić information content (AvgIpc) is 2.02. The predicted octanol–water partition coefficient (Wildman–Crippen LogP) is -1.44. The number of aliphatic carboxylic acids is 3. The van der Waals surface area contributed by atoms with E-state index in [2.05, 4.69) is 11.7 Å². The van der Waals surface area contributed by atoms with E-state index >= 15 is 0 Å². The molecule has 1 unspecified atom stereocenters. The minimum Gasteiger partial charge on any atom is -0.480 e. The van der Waals surface area contributed by atoms with Gasteiger partial charge >= 0.3 is 17.9 Å². The van der Waals surface area contributed by atoms with Gasteiger partial charge in [0.25, 0.3) is 6.47 Å². The Morgan fingerprint density at radius 2 is 1.53 bits per heavy atom. The summed E-state index contributed by atoms with van der Waals surface area (Å²) < 4.78 is 3.89. The van der Waals surface area contributed by atoms with Crippen LogP contribution in [0.3, 0.4) is 0 Å². The molecule has 0 aliphatic rings. The van der Waals surface area contributed by atoms with Crippen LogP contribution in [-0.2, 0) is 23.9 Å². The number of carbonyl (C=O) groups is 4. The Labute approximate surface area is 83.1 Å². The molecule has 0 heterocycles. The minimum atomic E-state index is -2.97. The van der Waals surface area contributed by atoms with Gasteiger partial charge in [-0.15, -0.1) is 0 Å². The van der Waals surface area contributed by atoms with Crippen molar-refractivity contribution in [3.8, 4) is 0 Å². The maximum Gasteiger partial charge on any atom is 0.350 e. The van der Waals surface area contributed by atoms with Gasteiger partial charge in [-0.3, -0.25) is 14.4 Å². The van der Waals surface area contributed by atoms with E-state index in [4.69, 9.17) is 15.3 Å². The first kappa shape index (κ1) is 12.9. The zero-order valence-electron chi connectivity index (χ0n) is 7.17. The standard InChI is InChI=1S/C7H6O8/c1-7(6(13)14,15-2-8)3(4(9)10)5(11)12/h2H,1H2,(H,9,10)(H,11,12)(H,13,14). The number of carbonyl (C=O) groups excluding carboxylic acids is 1. The minimum absolute atomic E-state index is 0.396. The summed E-state index contributed by atoms with van der Waals surface area (Å²) in [4.78, 5) is 41.4. The molecular formula is C7H6O8. The van der Waals surface area contributed by atoms with Gasteiger partial charge in [-0.2, -0.15) is 0 Å². The summed E-state index contributed by atoms with van der Waals surface area (Å²) in [6.45, 7) is 2.35. The number of rotatable bonds is 6. The molecular weight excluding hydrogens is 212 g/mol. The molecule has 8 heteroatoms. The third-order valence-electron chi connectivity index (χ3n) is 1.43. The normalized spacial score (nSPS) is 14.0. The highest BCUT2D eigenvalue weighted by Gasteiger charge is 2.54. The largest absolute Gasteiger partial charge is 0.480 e. The molecule has 3 N–H and O–H groups in total. The third kappa shape index (κ3) is 2.42. The highest BCUT2D eigenvalue weighted by molar-refractivity contribution is 6.15. The van der Waals surface area contributed by atoms with Crippen LogP contribution >= 0.6 is 0 Å². The molecule has 8 nitrogen and oxygen atoms in total. The Bertz CT molecular complexity index is 294. The van der Waals surface area contributed by atoms with Gasteiger partial charge in [-0.1, -0.05) is 0 Å². The van der Waals surface area contributed by atoms with Crippen molar-refractivity contribution in [1.29, 1.82) is 0 Å². The number of carboxylic acids is 3. The van der Waals surface area contributed by atoms with Crippen LogP contribution in [0, 0.1) is 12.8 Å². The van der Waals surface area contributed by atoms with Crippen molar-refractivity contribution < 1.29 is 39.2 Å². The monoisotopic (exact) mass is 218 g/mol. The molecule has 0 aromatic rings. The maximum absolute atomic E-state index is 10.6. The molecule has 15 heavy (non-hydrogen) atoms. The number of carboxylic acid groups (broad SMARTS) is 3. The van der Waals surface area contributed by atoms with Crippen LogP contribution in [0.1, 0.15) is 0 Å². The summed E-state index contributed by atoms with van der Waals surface area (Å²) in [5, 5.41) is 25.4. The summed E-state index contributed by atoms with van der Waals surface area (Å²) in [7, 11) is 0. The van der Waals surface area contributed by atoms with Gasteiger partial charge in [0, 0.05) is 6.92 Å². The van der Waals surface area contributed by atoms with Crippen molar-refractivity contribution in [2.45, 2.75) is 5.60 Å². The molecule has 0 aromatic heterocycles. The van der Waals surface area contributed by atoms with Crippen molar-refractivity contribution in [3.63, 3.8) is 0 Å². The van der Waals surface area contributed by atoms with Crippen LogP contribution in [0.4, 0.5) is 0 Å². The SMILES string of the molecule is [CH2]C(OC=O)([C](C(=O)O)C(=O)O)C(=O)O. The lowest BCUT2D eigenvalue weighted by atomic mass is 9.89. The fourth-order valence-corrected chi connectivity index (χ4v) is 0.735. The Morgan fingerprint density at radius 1 is 1.13 bits per heavy atom. The van der Waals surface area contributed by atoms with Gasteiger partial charge in [-0.25, -0.2) is 4.79 Å². The van der Waals surface area contributed by atoms with E-state index in [9.17, 15) is 19.2 Å². The van der Waals surface area contributed by atoms with Gasteiger partial charge in [0.2, 0.25) is 11.5 Å². The Hall–Kier alpha value is -2.12. The van der Waals surface area contributed by atoms with Gasteiger partial charge < -0.3 is 20.1 Å². The fraction of sp³-hybridized carbons (Fsp3) is 0.143. The van der Waals surface area contributed by atoms with E-state index in [0.29, 0.717) is 0 Å². The number of ether oxygens (including phenoxy) is 1. The smallest absolute Gasteiger partial charge is 0.350 e. The van der Waals surface area contributed by atoms with E-state index in [1.165, 1.54) is 0 Å². The molecule has 0 saturated heterocycles. The fourth-order valence-electron chi connectivity index (χ4n) is 0.735. The van der Waals surface area contributed by atoms with Gasteiger partial charge in [0.05, 0.1) is 0 Å². The van der Waals surface area contributed by atoms with E-state index < -0.39 is 35.9 Å². The van der Waals surface area contributed by atoms with Crippen LogP contribution in [0.2, 0.25) is 0 Å². The summed E-state index contributed by atoms with van der Waals surface area (Å²) >= 11 is 0. The molecule has 0 aliphatic carbocycles. The first-order valence-electron chi connectivity index (χ1n) is 3.31. The third-order valence-corrected chi connectivity index (χ3v) is 1.43. The maximum atomic E-state index is 10.6. The van der Waals surface area contributed by atoms with E-state index in [1.54, 1.807) is 0 Å². The lowest BCUT2D eigenvalue weighted by molar-refractivity contribution is -0.170. The molecule has 0 saturated carbocycles. The van der Waals surface area contributed by atoms with E-state index in [0.717, 1.165) is 0 Å². The average molecular weight is 218 g/mol. The molecule has 0 aliphatic heterocycles. The highest BCUT2D eigenvalue weighted by Crippen LogP contribution is 2.24. The van der Waals surface area contributed by atoms with Gasteiger partial charge in [0.15, 0.2) is 0 Å². The van der Waals surface area contributed by atoms with Crippen molar-refractivity contribution in [3.05, 3.63) is 12.8 Å². The first-order chi connectivity index (χ1) is 6.77. The van der Waals surface area contributed by atoms with Crippen LogP contribution in [0.15, 0.2) is 0 Å². The van der Waals surface area contributed by atoms with Gasteiger partial charge in [0.1, 0.15) is 0 Å². The second kappa shape index (κ2) is 4.40. The second-order valence-electron chi connectivity index (χ2n) is 2.33. The Morgan fingerprint density at radius 3 is 1.73 bits per heavy atom. The topological polar surface area (TPSA) is 138 Å². The molecule has 1 atom stereocenters. The highest BCUT2D eigenvalue weighted by atomic mass is 16.6. The molecule has 0 amide bonds. The van der Waals surface area contributed by atoms with Crippen LogP contribution in [0.25, 0.3) is 0 Å². The molecule has 0 rings (SSSR count). The molecule has 82 valence electrons. The quantitative estimate of drug-likeness (QED) is 0.364. The van der Waals surface area contributed by atoms with Crippen LogP contribution in [-0.4, -0.2) is 45.3 Å². The first-order valence-corrected chi connectivity index (χ1v) is 3.31. The predicted molar refractivity (Wildman–Crippen MR) is 41.4 cm³/mol. The van der Waals surface area contributed by atoms with Crippen molar-refractivity contribution in [2.75, 3.05) is 0 Å². The zero-order valence-corrected chi connectivity index (χ0v) is 7.17. The lowest BCUT2D eigenvalue weighted by Crippen LogP contribution is -2.51. The molecule has 0 bridgehead atoms.